The maximum absolute atomic E-state index is 12.5. The zero-order chi connectivity index (χ0) is 12.5. The van der Waals surface area contributed by atoms with Gasteiger partial charge in [-0.2, -0.15) is 0 Å². The van der Waals surface area contributed by atoms with Crippen LogP contribution in [0.3, 0.4) is 0 Å². The summed E-state index contributed by atoms with van der Waals surface area (Å²) in [6.45, 7) is 2.83. The Bertz CT molecular complexity index is 464. The number of hydrogen-bond donors (Lipinski definition) is 0. The van der Waals surface area contributed by atoms with Crippen LogP contribution in [0.5, 0.6) is 0 Å². The number of hydrogen-bond acceptors (Lipinski definition) is 2. The standard InChI is InChI=1S/C16H20O2/c1-2-15-14(8-9-18-15)16(17)13-7-6-11-4-3-5-12(11)10-13/h6-7,10,14-15H,2-5,8-9H2,1H3. The van der Waals surface area contributed by atoms with Crippen LogP contribution in [0.15, 0.2) is 18.2 Å². The fourth-order valence-electron chi connectivity index (χ4n) is 3.29. The van der Waals surface area contributed by atoms with Crippen molar-refractivity contribution in [1.29, 1.82) is 0 Å². The molecule has 0 saturated carbocycles. The molecule has 0 amide bonds. The van der Waals surface area contributed by atoms with E-state index in [1.807, 2.05) is 6.07 Å². The molecule has 1 aliphatic heterocycles. The van der Waals surface area contributed by atoms with Crippen LogP contribution in [0.25, 0.3) is 0 Å². The average Bonchev–Trinajstić information content (AvgIpc) is 3.05. The quantitative estimate of drug-likeness (QED) is 0.763. The van der Waals surface area contributed by atoms with Gasteiger partial charge in [-0.1, -0.05) is 19.1 Å². The number of carbonyl (C=O) groups is 1. The maximum Gasteiger partial charge on any atom is 0.168 e. The van der Waals surface area contributed by atoms with E-state index in [2.05, 4.69) is 19.1 Å². The highest BCUT2D eigenvalue weighted by molar-refractivity contribution is 5.98. The Labute approximate surface area is 108 Å². The number of rotatable bonds is 3. The van der Waals surface area contributed by atoms with Crippen molar-refractivity contribution in [1.82, 2.24) is 0 Å². The fraction of sp³-hybridized carbons (Fsp3) is 0.562. The van der Waals surface area contributed by atoms with E-state index in [9.17, 15) is 4.79 Å². The minimum absolute atomic E-state index is 0.0782. The van der Waals surface area contributed by atoms with Crippen molar-refractivity contribution in [2.75, 3.05) is 6.61 Å². The molecule has 1 aromatic carbocycles. The molecular weight excluding hydrogens is 224 g/mol. The van der Waals surface area contributed by atoms with E-state index in [-0.39, 0.29) is 17.8 Å². The van der Waals surface area contributed by atoms with Gasteiger partial charge < -0.3 is 4.74 Å². The molecule has 0 bridgehead atoms. The van der Waals surface area contributed by atoms with Gasteiger partial charge in [-0.25, -0.2) is 0 Å². The van der Waals surface area contributed by atoms with Crippen LogP contribution in [0.1, 0.15) is 47.7 Å². The Balaban J connectivity index is 1.84. The summed E-state index contributed by atoms with van der Waals surface area (Å²) in [7, 11) is 0. The summed E-state index contributed by atoms with van der Waals surface area (Å²) in [6.07, 6.45) is 5.49. The van der Waals surface area contributed by atoms with Gasteiger partial charge in [-0.15, -0.1) is 0 Å². The SMILES string of the molecule is CCC1OCCC1C(=O)c1ccc2c(c1)CCC2. The maximum atomic E-state index is 12.5. The summed E-state index contributed by atoms with van der Waals surface area (Å²) < 4.78 is 5.63. The molecule has 18 heavy (non-hydrogen) atoms. The number of ether oxygens (including phenoxy) is 1. The van der Waals surface area contributed by atoms with E-state index < -0.39 is 0 Å². The van der Waals surface area contributed by atoms with Gasteiger partial charge in [-0.05, 0) is 49.3 Å². The van der Waals surface area contributed by atoms with Crippen molar-refractivity contribution in [3.05, 3.63) is 34.9 Å². The Morgan fingerprint density at radius 1 is 1.33 bits per heavy atom. The van der Waals surface area contributed by atoms with Crippen molar-refractivity contribution in [3.63, 3.8) is 0 Å². The Morgan fingerprint density at radius 2 is 2.17 bits per heavy atom. The van der Waals surface area contributed by atoms with Crippen molar-refractivity contribution in [2.45, 2.75) is 45.1 Å². The van der Waals surface area contributed by atoms with E-state index in [1.165, 1.54) is 24.0 Å². The zero-order valence-corrected chi connectivity index (χ0v) is 10.9. The molecular formula is C16H20O2. The predicted molar refractivity (Wildman–Crippen MR) is 70.9 cm³/mol. The normalized spacial score (nSPS) is 26.3. The highest BCUT2D eigenvalue weighted by atomic mass is 16.5. The second kappa shape index (κ2) is 4.85. The fourth-order valence-corrected chi connectivity index (χ4v) is 3.29. The molecule has 0 spiro atoms. The first kappa shape index (κ1) is 11.9. The van der Waals surface area contributed by atoms with Crippen LogP contribution in [0.2, 0.25) is 0 Å². The molecule has 0 radical (unpaired) electrons. The van der Waals surface area contributed by atoms with Crippen molar-refractivity contribution in [3.8, 4) is 0 Å². The van der Waals surface area contributed by atoms with Crippen molar-refractivity contribution < 1.29 is 9.53 Å². The van der Waals surface area contributed by atoms with Gasteiger partial charge in [0, 0.05) is 12.2 Å². The number of carbonyl (C=O) groups excluding carboxylic acids is 1. The molecule has 3 rings (SSSR count). The second-order valence-corrected chi connectivity index (χ2v) is 5.41. The largest absolute Gasteiger partial charge is 0.377 e. The van der Waals surface area contributed by atoms with Crippen LogP contribution in [-0.2, 0) is 17.6 Å². The highest BCUT2D eigenvalue weighted by Gasteiger charge is 2.33. The topological polar surface area (TPSA) is 26.3 Å². The van der Waals surface area contributed by atoms with Crippen LogP contribution < -0.4 is 0 Å². The first-order chi connectivity index (χ1) is 8.79. The van der Waals surface area contributed by atoms with Gasteiger partial charge >= 0.3 is 0 Å². The minimum atomic E-state index is 0.0782. The first-order valence-corrected chi connectivity index (χ1v) is 7.07. The molecule has 2 heteroatoms. The average molecular weight is 244 g/mol. The molecule has 0 aromatic heterocycles. The van der Waals surface area contributed by atoms with E-state index in [1.54, 1.807) is 0 Å². The van der Waals surface area contributed by atoms with Gasteiger partial charge in [0.15, 0.2) is 5.78 Å². The molecule has 96 valence electrons. The lowest BCUT2D eigenvalue weighted by Crippen LogP contribution is -2.23. The summed E-state index contributed by atoms with van der Waals surface area (Å²) in [5, 5.41) is 0. The van der Waals surface area contributed by atoms with E-state index >= 15 is 0 Å². The summed E-state index contributed by atoms with van der Waals surface area (Å²) >= 11 is 0. The smallest absolute Gasteiger partial charge is 0.168 e. The summed E-state index contributed by atoms with van der Waals surface area (Å²) in [4.78, 5) is 12.5. The Kier molecular flexibility index (Phi) is 3.21. The Morgan fingerprint density at radius 3 is 3.00 bits per heavy atom. The van der Waals surface area contributed by atoms with Gasteiger partial charge in [0.25, 0.3) is 0 Å². The molecule has 2 unspecified atom stereocenters. The number of fused-ring (bicyclic) bond motifs is 1. The molecule has 1 saturated heterocycles. The Hall–Kier alpha value is -1.15. The first-order valence-electron chi connectivity index (χ1n) is 7.07. The third-order valence-electron chi connectivity index (χ3n) is 4.33. The van der Waals surface area contributed by atoms with Gasteiger partial charge in [0.1, 0.15) is 0 Å². The summed E-state index contributed by atoms with van der Waals surface area (Å²) in [5.74, 6) is 0.364. The molecule has 1 fully saturated rings. The molecule has 2 aliphatic rings. The van der Waals surface area contributed by atoms with Crippen LogP contribution in [0.4, 0.5) is 0 Å². The number of benzene rings is 1. The molecule has 0 N–H and O–H groups in total. The highest BCUT2D eigenvalue weighted by Crippen LogP contribution is 2.29. The van der Waals surface area contributed by atoms with Gasteiger partial charge in [-0.3, -0.25) is 4.79 Å². The lowest BCUT2D eigenvalue weighted by atomic mass is 9.89. The van der Waals surface area contributed by atoms with Crippen LogP contribution >= 0.6 is 0 Å². The molecule has 1 heterocycles. The molecule has 1 aromatic rings. The van der Waals surface area contributed by atoms with Crippen molar-refractivity contribution in [2.24, 2.45) is 5.92 Å². The summed E-state index contributed by atoms with van der Waals surface area (Å²) in [6, 6.07) is 6.28. The molecule has 2 nitrogen and oxygen atoms in total. The summed E-state index contributed by atoms with van der Waals surface area (Å²) in [5.41, 5.74) is 3.71. The van der Waals surface area contributed by atoms with E-state index in [0.717, 1.165) is 31.4 Å². The number of Topliss-reactive ketones (excluding diaryl/α,β-unsaturated/α-hetero) is 1. The van der Waals surface area contributed by atoms with Crippen LogP contribution in [-0.4, -0.2) is 18.5 Å². The van der Waals surface area contributed by atoms with Crippen LogP contribution in [0, 0.1) is 5.92 Å². The zero-order valence-electron chi connectivity index (χ0n) is 10.9. The minimum Gasteiger partial charge on any atom is -0.377 e. The monoisotopic (exact) mass is 244 g/mol. The van der Waals surface area contributed by atoms with Gasteiger partial charge in [0.05, 0.1) is 12.0 Å². The molecule has 1 aliphatic carbocycles. The third kappa shape index (κ3) is 1.99. The third-order valence-corrected chi connectivity index (χ3v) is 4.33. The lowest BCUT2D eigenvalue weighted by Gasteiger charge is -2.16. The van der Waals surface area contributed by atoms with E-state index in [4.69, 9.17) is 4.74 Å². The lowest BCUT2D eigenvalue weighted by molar-refractivity contribution is 0.0689. The number of aryl methyl sites for hydroxylation is 2. The predicted octanol–water partition coefficient (Wildman–Crippen LogP) is 3.17. The second-order valence-electron chi connectivity index (χ2n) is 5.41. The molecule has 2 atom stereocenters. The van der Waals surface area contributed by atoms with Gasteiger partial charge in [0.2, 0.25) is 0 Å². The number of ketones is 1. The van der Waals surface area contributed by atoms with E-state index in [0.29, 0.717) is 0 Å². The van der Waals surface area contributed by atoms with Crippen molar-refractivity contribution >= 4 is 5.78 Å².